The zero-order valence-electron chi connectivity index (χ0n) is 16.4. The second kappa shape index (κ2) is 7.81. The van der Waals surface area contributed by atoms with Crippen LogP contribution in [-0.4, -0.2) is 35.3 Å². The fourth-order valence-corrected chi connectivity index (χ4v) is 4.82. The van der Waals surface area contributed by atoms with Gasteiger partial charge in [0, 0.05) is 18.7 Å². The smallest absolute Gasteiger partial charge is 0.254 e. The molecule has 0 radical (unpaired) electrons. The van der Waals surface area contributed by atoms with Gasteiger partial charge in [-0.2, -0.15) is 0 Å². The molecule has 1 fully saturated rings. The number of benzene rings is 1. The van der Waals surface area contributed by atoms with Crippen molar-refractivity contribution in [3.63, 3.8) is 0 Å². The van der Waals surface area contributed by atoms with E-state index in [1.165, 1.54) is 6.42 Å². The number of amides is 2. The standard InChI is InChI=1S/C22H32N2O2/c1-4-14-23-20(25)19-17-10-6-7-11-18(17)21(26)24(15-16(2)3)22(19)12-8-5-9-13-22/h6-7,10-11,16,19H,4-5,8-9,12-15H2,1-3H3,(H,23,25)/t19-/m1/s1. The summed E-state index contributed by atoms with van der Waals surface area (Å²) in [5.74, 6) is 0.308. The molecular weight excluding hydrogens is 324 g/mol. The van der Waals surface area contributed by atoms with Gasteiger partial charge in [0.25, 0.3) is 5.91 Å². The van der Waals surface area contributed by atoms with Crippen molar-refractivity contribution in [2.75, 3.05) is 13.1 Å². The van der Waals surface area contributed by atoms with Gasteiger partial charge in [0.05, 0.1) is 11.5 Å². The number of hydrogen-bond donors (Lipinski definition) is 1. The SMILES string of the molecule is CCCNC(=O)[C@H]1c2ccccc2C(=O)N(CC(C)C)C12CCCCC2. The summed E-state index contributed by atoms with van der Waals surface area (Å²) in [5, 5.41) is 3.13. The van der Waals surface area contributed by atoms with Gasteiger partial charge >= 0.3 is 0 Å². The first kappa shape index (κ1) is 18.9. The lowest BCUT2D eigenvalue weighted by Crippen LogP contribution is -2.63. The van der Waals surface area contributed by atoms with Crippen LogP contribution in [0.4, 0.5) is 0 Å². The van der Waals surface area contributed by atoms with Crippen LogP contribution in [0.2, 0.25) is 0 Å². The Morgan fingerprint density at radius 2 is 1.92 bits per heavy atom. The maximum Gasteiger partial charge on any atom is 0.254 e. The molecule has 1 spiro atoms. The van der Waals surface area contributed by atoms with Gasteiger partial charge in [-0.05, 0) is 36.8 Å². The Morgan fingerprint density at radius 3 is 2.58 bits per heavy atom. The maximum absolute atomic E-state index is 13.4. The number of nitrogens with zero attached hydrogens (tertiary/aromatic N) is 1. The molecule has 0 bridgehead atoms. The highest BCUT2D eigenvalue weighted by Crippen LogP contribution is 2.49. The Bertz CT molecular complexity index is 662. The van der Waals surface area contributed by atoms with Crippen molar-refractivity contribution in [3.8, 4) is 0 Å². The lowest BCUT2D eigenvalue weighted by atomic mass is 9.65. The number of carbonyl (C=O) groups is 2. The van der Waals surface area contributed by atoms with E-state index in [-0.39, 0.29) is 23.3 Å². The molecule has 4 nitrogen and oxygen atoms in total. The number of nitrogens with one attached hydrogen (secondary N) is 1. The summed E-state index contributed by atoms with van der Waals surface area (Å²) in [6.07, 6.45) is 6.12. The van der Waals surface area contributed by atoms with E-state index in [0.29, 0.717) is 24.6 Å². The van der Waals surface area contributed by atoms with E-state index in [1.54, 1.807) is 0 Å². The second-order valence-electron chi connectivity index (χ2n) is 8.29. The largest absolute Gasteiger partial charge is 0.356 e. The first-order valence-corrected chi connectivity index (χ1v) is 10.2. The summed E-state index contributed by atoms with van der Waals surface area (Å²) >= 11 is 0. The molecule has 26 heavy (non-hydrogen) atoms. The van der Waals surface area contributed by atoms with Gasteiger partial charge in [0.15, 0.2) is 0 Å². The first-order chi connectivity index (χ1) is 12.5. The molecule has 1 aliphatic carbocycles. The van der Waals surface area contributed by atoms with Crippen molar-refractivity contribution < 1.29 is 9.59 Å². The topological polar surface area (TPSA) is 49.4 Å². The van der Waals surface area contributed by atoms with Crippen LogP contribution < -0.4 is 5.32 Å². The van der Waals surface area contributed by atoms with Crippen molar-refractivity contribution in [1.29, 1.82) is 0 Å². The summed E-state index contributed by atoms with van der Waals surface area (Å²) in [4.78, 5) is 28.7. The van der Waals surface area contributed by atoms with Crippen molar-refractivity contribution in [3.05, 3.63) is 35.4 Å². The molecule has 142 valence electrons. The van der Waals surface area contributed by atoms with Crippen LogP contribution in [0.25, 0.3) is 0 Å². The van der Waals surface area contributed by atoms with Crippen LogP contribution in [0.5, 0.6) is 0 Å². The minimum absolute atomic E-state index is 0.0856. The van der Waals surface area contributed by atoms with Crippen molar-refractivity contribution >= 4 is 11.8 Å². The number of hydrogen-bond acceptors (Lipinski definition) is 2. The summed E-state index contributed by atoms with van der Waals surface area (Å²) in [7, 11) is 0. The molecule has 1 aromatic carbocycles. The quantitative estimate of drug-likeness (QED) is 0.863. The zero-order chi connectivity index (χ0) is 18.7. The molecule has 2 amide bonds. The second-order valence-corrected chi connectivity index (χ2v) is 8.29. The van der Waals surface area contributed by atoms with E-state index in [2.05, 4.69) is 31.0 Å². The van der Waals surface area contributed by atoms with Crippen molar-refractivity contribution in [2.24, 2.45) is 5.92 Å². The lowest BCUT2D eigenvalue weighted by Gasteiger charge is -2.54. The van der Waals surface area contributed by atoms with Gasteiger partial charge in [-0.1, -0.05) is 58.2 Å². The number of carbonyl (C=O) groups excluding carboxylic acids is 2. The van der Waals surface area contributed by atoms with Crippen LogP contribution in [0.15, 0.2) is 24.3 Å². The average molecular weight is 357 g/mol. The van der Waals surface area contributed by atoms with Crippen LogP contribution in [0.3, 0.4) is 0 Å². The van der Waals surface area contributed by atoms with E-state index in [0.717, 1.165) is 37.7 Å². The third kappa shape index (κ3) is 3.26. The molecule has 1 aliphatic heterocycles. The first-order valence-electron chi connectivity index (χ1n) is 10.2. The molecule has 1 saturated carbocycles. The molecule has 1 heterocycles. The Kier molecular flexibility index (Phi) is 5.69. The Morgan fingerprint density at radius 1 is 1.23 bits per heavy atom. The summed E-state index contributed by atoms with van der Waals surface area (Å²) in [5.41, 5.74) is 1.26. The summed E-state index contributed by atoms with van der Waals surface area (Å²) < 4.78 is 0. The van der Waals surface area contributed by atoms with Gasteiger partial charge < -0.3 is 10.2 Å². The van der Waals surface area contributed by atoms with Crippen LogP contribution in [0.1, 0.15) is 81.1 Å². The molecule has 0 unspecified atom stereocenters. The molecule has 1 aromatic rings. The summed E-state index contributed by atoms with van der Waals surface area (Å²) in [6.45, 7) is 7.77. The molecule has 1 atom stereocenters. The van der Waals surface area contributed by atoms with E-state index >= 15 is 0 Å². The molecular formula is C22H32N2O2. The van der Waals surface area contributed by atoms with Gasteiger partial charge in [-0.3, -0.25) is 9.59 Å². The van der Waals surface area contributed by atoms with E-state index in [4.69, 9.17) is 0 Å². The Balaban J connectivity index is 2.13. The summed E-state index contributed by atoms with van der Waals surface area (Å²) in [6, 6.07) is 7.75. The Hall–Kier alpha value is -1.84. The van der Waals surface area contributed by atoms with Crippen molar-refractivity contribution in [2.45, 2.75) is 70.8 Å². The molecule has 2 aliphatic rings. The average Bonchev–Trinajstić information content (AvgIpc) is 2.64. The van der Waals surface area contributed by atoms with E-state index in [1.807, 2.05) is 24.3 Å². The predicted molar refractivity (Wildman–Crippen MR) is 104 cm³/mol. The minimum Gasteiger partial charge on any atom is -0.356 e. The number of rotatable bonds is 5. The maximum atomic E-state index is 13.4. The van der Waals surface area contributed by atoms with Gasteiger partial charge in [-0.15, -0.1) is 0 Å². The predicted octanol–water partition coefficient (Wildman–Crippen LogP) is 4.11. The van der Waals surface area contributed by atoms with Crippen LogP contribution in [0, 0.1) is 5.92 Å². The van der Waals surface area contributed by atoms with Gasteiger partial charge in [0.2, 0.25) is 5.91 Å². The highest BCUT2D eigenvalue weighted by molar-refractivity contribution is 6.02. The van der Waals surface area contributed by atoms with Crippen LogP contribution >= 0.6 is 0 Å². The molecule has 0 aromatic heterocycles. The van der Waals surface area contributed by atoms with Crippen LogP contribution in [-0.2, 0) is 4.79 Å². The highest BCUT2D eigenvalue weighted by atomic mass is 16.2. The fraction of sp³-hybridized carbons (Fsp3) is 0.636. The molecule has 0 saturated heterocycles. The lowest BCUT2D eigenvalue weighted by molar-refractivity contribution is -0.127. The van der Waals surface area contributed by atoms with E-state index < -0.39 is 0 Å². The third-order valence-electron chi connectivity index (χ3n) is 5.90. The Labute approximate surface area is 157 Å². The molecule has 3 rings (SSSR count). The molecule has 4 heteroatoms. The highest BCUT2D eigenvalue weighted by Gasteiger charge is 2.54. The molecule has 1 N–H and O–H groups in total. The normalized spacial score (nSPS) is 21.8. The van der Waals surface area contributed by atoms with E-state index in [9.17, 15) is 9.59 Å². The minimum atomic E-state index is -0.369. The van der Waals surface area contributed by atoms with Crippen molar-refractivity contribution in [1.82, 2.24) is 10.2 Å². The monoisotopic (exact) mass is 356 g/mol. The fourth-order valence-electron chi connectivity index (χ4n) is 4.82. The van der Waals surface area contributed by atoms with Gasteiger partial charge in [-0.25, -0.2) is 0 Å². The zero-order valence-corrected chi connectivity index (χ0v) is 16.4. The third-order valence-corrected chi connectivity index (χ3v) is 5.90. The number of fused-ring (bicyclic) bond motifs is 1. The van der Waals surface area contributed by atoms with Gasteiger partial charge in [0.1, 0.15) is 0 Å².